The summed E-state index contributed by atoms with van der Waals surface area (Å²) in [6.45, 7) is 10.5. The minimum Gasteiger partial charge on any atom is -0.497 e. The molecule has 0 aliphatic carbocycles. The molecule has 1 aromatic carbocycles. The Labute approximate surface area is 155 Å². The summed E-state index contributed by atoms with van der Waals surface area (Å²) in [6, 6.07) is 9.93. The lowest BCUT2D eigenvalue weighted by atomic mass is 10.1. The van der Waals surface area contributed by atoms with E-state index in [4.69, 9.17) is 9.47 Å². The van der Waals surface area contributed by atoms with Gasteiger partial charge >= 0.3 is 0 Å². The number of benzene rings is 1. The molecule has 0 amide bonds. The first-order chi connectivity index (χ1) is 12.4. The largest absolute Gasteiger partial charge is 0.497 e. The van der Waals surface area contributed by atoms with E-state index in [9.17, 15) is 4.79 Å². The van der Waals surface area contributed by atoms with Crippen LogP contribution < -0.4 is 9.64 Å². The Morgan fingerprint density at radius 3 is 2.38 bits per heavy atom. The molecule has 5 heteroatoms. The first kappa shape index (κ1) is 18.7. The Balaban J connectivity index is 1.81. The van der Waals surface area contributed by atoms with Gasteiger partial charge in [-0.15, -0.1) is 0 Å². The SMILES string of the molecule is COc1ccc(-n2c(C)cc(C(=O)C[NH+]3C[C@@H](C)O[C@@H](C)C3)c2C)cc1. The molecule has 2 heterocycles. The van der Waals surface area contributed by atoms with Crippen LogP contribution in [-0.4, -0.2) is 49.3 Å². The first-order valence-electron chi connectivity index (χ1n) is 9.24. The van der Waals surface area contributed by atoms with Gasteiger partial charge in [-0.3, -0.25) is 4.79 Å². The van der Waals surface area contributed by atoms with E-state index in [0.29, 0.717) is 6.54 Å². The summed E-state index contributed by atoms with van der Waals surface area (Å²) in [5.41, 5.74) is 3.92. The van der Waals surface area contributed by atoms with Gasteiger partial charge in [0.05, 0.1) is 7.11 Å². The fourth-order valence-electron chi connectivity index (χ4n) is 4.03. The second kappa shape index (κ2) is 7.64. The predicted octanol–water partition coefficient (Wildman–Crippen LogP) is 1.98. The van der Waals surface area contributed by atoms with Gasteiger partial charge in [-0.05, 0) is 58.0 Å². The molecule has 0 radical (unpaired) electrons. The van der Waals surface area contributed by atoms with Gasteiger partial charge in [0.2, 0.25) is 5.78 Å². The number of aromatic nitrogens is 1. The van der Waals surface area contributed by atoms with E-state index < -0.39 is 0 Å². The quantitative estimate of drug-likeness (QED) is 0.833. The topological polar surface area (TPSA) is 44.9 Å². The lowest BCUT2D eigenvalue weighted by molar-refractivity contribution is -0.906. The van der Waals surface area contributed by atoms with Crippen LogP contribution in [0, 0.1) is 13.8 Å². The standard InChI is InChI=1S/C21H28N2O3/c1-14-10-20(21(24)13-22-11-15(2)26-16(3)12-22)17(4)23(14)18-6-8-19(25-5)9-7-18/h6-10,15-16H,11-13H2,1-5H3/p+1/t15-,16+. The van der Waals surface area contributed by atoms with Gasteiger partial charge in [0.1, 0.15) is 37.6 Å². The minimum atomic E-state index is 0.202. The molecule has 5 nitrogen and oxygen atoms in total. The Morgan fingerprint density at radius 1 is 1.19 bits per heavy atom. The van der Waals surface area contributed by atoms with Crippen LogP contribution in [0.3, 0.4) is 0 Å². The maximum Gasteiger partial charge on any atom is 0.218 e. The van der Waals surface area contributed by atoms with Gasteiger partial charge in [-0.1, -0.05) is 0 Å². The predicted molar refractivity (Wildman–Crippen MR) is 102 cm³/mol. The van der Waals surface area contributed by atoms with Crippen molar-refractivity contribution in [2.75, 3.05) is 26.7 Å². The van der Waals surface area contributed by atoms with E-state index >= 15 is 0 Å². The number of hydrogen-bond acceptors (Lipinski definition) is 3. The fraction of sp³-hybridized carbons (Fsp3) is 0.476. The summed E-state index contributed by atoms with van der Waals surface area (Å²) in [5.74, 6) is 1.03. The highest BCUT2D eigenvalue weighted by atomic mass is 16.5. The number of nitrogens with zero attached hydrogens (tertiary/aromatic N) is 1. The van der Waals surface area contributed by atoms with E-state index in [-0.39, 0.29) is 18.0 Å². The molecule has 2 aromatic rings. The maximum atomic E-state index is 12.9. The van der Waals surface area contributed by atoms with Gasteiger partial charge in [-0.25, -0.2) is 0 Å². The van der Waals surface area contributed by atoms with Crippen LogP contribution in [0.1, 0.15) is 35.6 Å². The summed E-state index contributed by atoms with van der Waals surface area (Å²) >= 11 is 0. The first-order valence-corrected chi connectivity index (χ1v) is 9.24. The number of ketones is 1. The summed E-state index contributed by atoms with van der Waals surface area (Å²) in [6.07, 6.45) is 0.404. The molecule has 3 atom stereocenters. The Hall–Kier alpha value is -2.11. The van der Waals surface area contributed by atoms with Gasteiger partial charge in [0.25, 0.3) is 0 Å². The summed E-state index contributed by atoms with van der Waals surface area (Å²) in [7, 11) is 1.66. The number of quaternary nitrogens is 1. The van der Waals surface area contributed by atoms with E-state index in [2.05, 4.69) is 18.4 Å². The van der Waals surface area contributed by atoms with E-state index in [1.54, 1.807) is 7.11 Å². The molecule has 1 aliphatic heterocycles. The van der Waals surface area contributed by atoms with Gasteiger partial charge in [-0.2, -0.15) is 0 Å². The highest BCUT2D eigenvalue weighted by Gasteiger charge is 2.28. The molecule has 1 aromatic heterocycles. The number of methoxy groups -OCH3 is 1. The van der Waals surface area contributed by atoms with Crippen LogP contribution in [0.4, 0.5) is 0 Å². The smallest absolute Gasteiger partial charge is 0.218 e. The zero-order valence-electron chi connectivity index (χ0n) is 16.3. The molecule has 0 bridgehead atoms. The van der Waals surface area contributed by atoms with Crippen molar-refractivity contribution in [1.82, 2.24) is 4.57 Å². The zero-order chi connectivity index (χ0) is 18.8. The van der Waals surface area contributed by atoms with Crippen molar-refractivity contribution in [2.24, 2.45) is 0 Å². The van der Waals surface area contributed by atoms with E-state index in [1.807, 2.05) is 44.2 Å². The minimum absolute atomic E-state index is 0.202. The van der Waals surface area contributed by atoms with Crippen LogP contribution in [0.2, 0.25) is 0 Å². The second-order valence-electron chi connectivity index (χ2n) is 7.33. The number of aryl methyl sites for hydroxylation is 1. The molecular formula is C21H29N2O3+. The van der Waals surface area contributed by atoms with Crippen LogP contribution in [0.25, 0.3) is 5.69 Å². The number of morpholine rings is 1. The normalized spacial score (nSPS) is 23.0. The monoisotopic (exact) mass is 357 g/mol. The van der Waals surface area contributed by atoms with Crippen molar-refractivity contribution in [3.8, 4) is 11.4 Å². The summed E-state index contributed by atoms with van der Waals surface area (Å²) < 4.78 is 13.1. The Kier molecular flexibility index (Phi) is 5.49. The number of ether oxygens (including phenoxy) is 2. The van der Waals surface area contributed by atoms with Crippen LogP contribution in [0.5, 0.6) is 5.75 Å². The molecule has 0 spiro atoms. The zero-order valence-corrected chi connectivity index (χ0v) is 16.3. The molecule has 3 rings (SSSR count). The second-order valence-corrected chi connectivity index (χ2v) is 7.33. The number of carbonyl (C=O) groups is 1. The lowest BCUT2D eigenvalue weighted by Gasteiger charge is -2.31. The fourth-order valence-corrected chi connectivity index (χ4v) is 4.03. The van der Waals surface area contributed by atoms with Gasteiger partial charge in [0.15, 0.2) is 0 Å². The van der Waals surface area contributed by atoms with Gasteiger partial charge < -0.3 is 18.9 Å². The molecule has 26 heavy (non-hydrogen) atoms. The number of carbonyl (C=O) groups excluding carboxylic acids is 1. The van der Waals surface area contributed by atoms with Crippen molar-refractivity contribution in [3.63, 3.8) is 0 Å². The molecule has 1 saturated heterocycles. The van der Waals surface area contributed by atoms with Crippen LogP contribution in [0.15, 0.2) is 30.3 Å². The maximum absolute atomic E-state index is 12.9. The Bertz CT molecular complexity index is 769. The van der Waals surface area contributed by atoms with Crippen molar-refractivity contribution < 1.29 is 19.2 Å². The third-order valence-electron chi connectivity index (χ3n) is 5.09. The van der Waals surface area contributed by atoms with E-state index in [0.717, 1.165) is 41.5 Å². The number of nitrogens with one attached hydrogen (secondary N) is 1. The van der Waals surface area contributed by atoms with Crippen LogP contribution in [-0.2, 0) is 4.74 Å². The molecule has 1 N–H and O–H groups in total. The molecule has 1 aliphatic rings. The molecule has 1 fully saturated rings. The summed E-state index contributed by atoms with van der Waals surface area (Å²) in [4.78, 5) is 14.3. The van der Waals surface area contributed by atoms with Crippen LogP contribution >= 0.6 is 0 Å². The average Bonchev–Trinajstić information content (AvgIpc) is 2.89. The van der Waals surface area contributed by atoms with Crippen molar-refractivity contribution in [2.45, 2.75) is 39.9 Å². The van der Waals surface area contributed by atoms with E-state index in [1.165, 1.54) is 4.90 Å². The van der Waals surface area contributed by atoms with Gasteiger partial charge in [0, 0.05) is 22.6 Å². The highest BCUT2D eigenvalue weighted by Crippen LogP contribution is 2.23. The third-order valence-corrected chi connectivity index (χ3v) is 5.09. The number of hydrogen-bond donors (Lipinski definition) is 1. The average molecular weight is 357 g/mol. The third kappa shape index (κ3) is 3.84. The van der Waals surface area contributed by atoms with Crippen molar-refractivity contribution in [3.05, 3.63) is 47.3 Å². The number of rotatable bonds is 5. The molecule has 0 saturated carbocycles. The Morgan fingerprint density at radius 2 is 1.81 bits per heavy atom. The molecule has 140 valence electrons. The van der Waals surface area contributed by atoms with Crippen molar-refractivity contribution in [1.29, 1.82) is 0 Å². The lowest BCUT2D eigenvalue weighted by Crippen LogP contribution is -3.16. The highest BCUT2D eigenvalue weighted by molar-refractivity contribution is 5.98. The molecular weight excluding hydrogens is 328 g/mol. The number of Topliss-reactive ketones (excluding diaryl/α,β-unsaturated/α-hetero) is 1. The molecule has 1 unspecified atom stereocenters. The van der Waals surface area contributed by atoms with Crippen molar-refractivity contribution >= 4 is 5.78 Å². The summed E-state index contributed by atoms with van der Waals surface area (Å²) in [5, 5.41) is 0.